The maximum Gasteiger partial charge on any atom is 0.337 e. The zero-order valence-corrected chi connectivity index (χ0v) is 13.4. The van der Waals surface area contributed by atoms with Crippen LogP contribution in [-0.2, 0) is 11.3 Å². The average Bonchev–Trinajstić information content (AvgIpc) is 2.97. The minimum absolute atomic E-state index is 0.378. The van der Waals surface area contributed by atoms with Gasteiger partial charge in [-0.1, -0.05) is 29.8 Å². The van der Waals surface area contributed by atoms with Crippen LogP contribution in [0.25, 0.3) is 11.0 Å². The van der Waals surface area contributed by atoms with Gasteiger partial charge in [-0.3, -0.25) is 0 Å². The third-order valence-corrected chi connectivity index (χ3v) is 3.79. The summed E-state index contributed by atoms with van der Waals surface area (Å²) in [5.41, 5.74) is 3.58. The third kappa shape index (κ3) is 2.95. The molecule has 0 saturated heterocycles. The third-order valence-electron chi connectivity index (χ3n) is 3.79. The van der Waals surface area contributed by atoms with Crippen LogP contribution in [0, 0.1) is 18.3 Å². The van der Waals surface area contributed by atoms with Gasteiger partial charge in [-0.2, -0.15) is 5.26 Å². The molecule has 0 amide bonds. The predicted molar refractivity (Wildman–Crippen MR) is 90.8 cm³/mol. The molecule has 0 radical (unpaired) electrons. The highest BCUT2D eigenvalue weighted by Crippen LogP contribution is 2.30. The highest BCUT2D eigenvalue weighted by atomic mass is 16.5. The number of fused-ring (bicyclic) bond motifs is 1. The van der Waals surface area contributed by atoms with E-state index in [9.17, 15) is 10.1 Å². The molecule has 0 atom stereocenters. The first-order chi connectivity index (χ1) is 11.6. The molecule has 0 aliphatic rings. The van der Waals surface area contributed by atoms with Crippen LogP contribution < -0.4 is 5.32 Å². The van der Waals surface area contributed by atoms with E-state index in [1.165, 1.54) is 12.7 Å². The summed E-state index contributed by atoms with van der Waals surface area (Å²) in [4.78, 5) is 11.7. The fraction of sp³-hybridized carbons (Fsp3) is 0.158. The van der Waals surface area contributed by atoms with Crippen molar-refractivity contribution in [1.82, 2.24) is 0 Å². The number of aryl methyl sites for hydroxylation is 1. The SMILES string of the molecule is COC(=O)c1ccc2oc(NCc3ccc(C)cc3)c(C#N)c2c1. The maximum absolute atomic E-state index is 11.7. The average molecular weight is 320 g/mol. The lowest BCUT2D eigenvalue weighted by atomic mass is 10.1. The van der Waals surface area contributed by atoms with Crippen molar-refractivity contribution in [3.05, 3.63) is 64.7 Å². The van der Waals surface area contributed by atoms with E-state index in [1.807, 2.05) is 31.2 Å². The van der Waals surface area contributed by atoms with Crippen molar-refractivity contribution in [2.45, 2.75) is 13.5 Å². The van der Waals surface area contributed by atoms with Crippen LogP contribution in [0.5, 0.6) is 0 Å². The van der Waals surface area contributed by atoms with Crippen LogP contribution >= 0.6 is 0 Å². The van der Waals surface area contributed by atoms with Gasteiger partial charge in [0.25, 0.3) is 0 Å². The van der Waals surface area contributed by atoms with Gasteiger partial charge in [-0.05, 0) is 30.7 Å². The Bertz CT molecular complexity index is 934. The number of benzene rings is 2. The molecule has 0 spiro atoms. The minimum atomic E-state index is -0.448. The molecule has 24 heavy (non-hydrogen) atoms. The number of carbonyl (C=O) groups excluding carboxylic acids is 1. The van der Waals surface area contributed by atoms with Gasteiger partial charge in [0.2, 0.25) is 5.88 Å². The van der Waals surface area contributed by atoms with Crippen molar-refractivity contribution in [3.63, 3.8) is 0 Å². The van der Waals surface area contributed by atoms with Crippen molar-refractivity contribution in [3.8, 4) is 6.07 Å². The normalized spacial score (nSPS) is 10.4. The molecule has 2 aromatic carbocycles. The lowest BCUT2D eigenvalue weighted by molar-refractivity contribution is 0.0601. The number of ether oxygens (including phenoxy) is 1. The van der Waals surface area contributed by atoms with Gasteiger partial charge in [-0.25, -0.2) is 4.79 Å². The van der Waals surface area contributed by atoms with Crippen LogP contribution in [0.2, 0.25) is 0 Å². The first-order valence-electron chi connectivity index (χ1n) is 7.46. The van der Waals surface area contributed by atoms with Gasteiger partial charge in [-0.15, -0.1) is 0 Å². The minimum Gasteiger partial charge on any atom is -0.465 e. The Morgan fingerprint density at radius 2 is 2.00 bits per heavy atom. The number of esters is 1. The van der Waals surface area contributed by atoms with E-state index in [0.717, 1.165) is 5.56 Å². The predicted octanol–water partition coefficient (Wildman–Crippen LogP) is 4.01. The molecule has 1 heterocycles. The highest BCUT2D eigenvalue weighted by Gasteiger charge is 2.16. The smallest absolute Gasteiger partial charge is 0.337 e. The Morgan fingerprint density at radius 3 is 2.67 bits per heavy atom. The number of hydrogen-bond donors (Lipinski definition) is 1. The van der Waals surface area contributed by atoms with Crippen LogP contribution in [0.3, 0.4) is 0 Å². The molecular formula is C19H16N2O3. The van der Waals surface area contributed by atoms with Gasteiger partial charge in [0.15, 0.2) is 0 Å². The number of nitrogens with one attached hydrogen (secondary N) is 1. The number of carbonyl (C=O) groups is 1. The molecule has 120 valence electrons. The zero-order valence-electron chi connectivity index (χ0n) is 13.4. The fourth-order valence-corrected chi connectivity index (χ4v) is 2.47. The summed E-state index contributed by atoms with van der Waals surface area (Å²) in [6, 6.07) is 15.1. The molecule has 1 aromatic heterocycles. The summed E-state index contributed by atoms with van der Waals surface area (Å²) in [6.07, 6.45) is 0. The Morgan fingerprint density at radius 1 is 1.25 bits per heavy atom. The number of nitriles is 1. The van der Waals surface area contributed by atoms with Crippen molar-refractivity contribution < 1.29 is 13.9 Å². The largest absolute Gasteiger partial charge is 0.465 e. The molecule has 0 aliphatic carbocycles. The molecule has 0 fully saturated rings. The van der Waals surface area contributed by atoms with Gasteiger partial charge in [0.05, 0.1) is 12.7 Å². The van der Waals surface area contributed by atoms with Crippen LogP contribution in [0.1, 0.15) is 27.0 Å². The Labute approximate surface area is 139 Å². The Balaban J connectivity index is 1.92. The Hall–Kier alpha value is -3.26. The van der Waals surface area contributed by atoms with Crippen LogP contribution in [0.4, 0.5) is 5.88 Å². The number of nitrogens with zero attached hydrogens (tertiary/aromatic N) is 1. The molecule has 3 aromatic rings. The monoisotopic (exact) mass is 320 g/mol. The molecule has 1 N–H and O–H groups in total. The molecule has 0 bridgehead atoms. The van der Waals surface area contributed by atoms with E-state index >= 15 is 0 Å². The number of methoxy groups -OCH3 is 1. The molecule has 0 saturated carbocycles. The molecule has 5 nitrogen and oxygen atoms in total. The summed E-state index contributed by atoms with van der Waals surface area (Å²) in [7, 11) is 1.32. The summed E-state index contributed by atoms with van der Waals surface area (Å²) in [5, 5.41) is 13.2. The zero-order chi connectivity index (χ0) is 17.1. The second kappa shape index (κ2) is 6.47. The van der Waals surface area contributed by atoms with Gasteiger partial charge in [0.1, 0.15) is 17.2 Å². The van der Waals surface area contributed by atoms with Crippen molar-refractivity contribution in [2.75, 3.05) is 12.4 Å². The fourth-order valence-electron chi connectivity index (χ4n) is 2.47. The van der Waals surface area contributed by atoms with E-state index < -0.39 is 5.97 Å². The van der Waals surface area contributed by atoms with Gasteiger partial charge >= 0.3 is 5.97 Å². The van der Waals surface area contributed by atoms with Crippen molar-refractivity contribution >= 4 is 22.8 Å². The Kier molecular flexibility index (Phi) is 4.21. The topological polar surface area (TPSA) is 75.3 Å². The molecule has 3 rings (SSSR count). The van der Waals surface area contributed by atoms with Crippen molar-refractivity contribution in [2.24, 2.45) is 0 Å². The van der Waals surface area contributed by atoms with E-state index in [0.29, 0.717) is 34.5 Å². The van der Waals surface area contributed by atoms with E-state index in [2.05, 4.69) is 11.4 Å². The maximum atomic E-state index is 11.7. The second-order valence-electron chi connectivity index (χ2n) is 5.46. The second-order valence-corrected chi connectivity index (χ2v) is 5.46. The summed E-state index contributed by atoms with van der Waals surface area (Å²) < 4.78 is 10.4. The standard InChI is InChI=1S/C19H16N2O3/c1-12-3-5-13(6-4-12)11-21-18-16(10-20)15-9-14(19(22)23-2)7-8-17(15)24-18/h3-9,21H,11H2,1-2H3. The lowest BCUT2D eigenvalue weighted by Gasteiger charge is -2.04. The molecule has 5 heteroatoms. The lowest BCUT2D eigenvalue weighted by Crippen LogP contribution is -2.00. The quantitative estimate of drug-likeness (QED) is 0.735. The van der Waals surface area contributed by atoms with Crippen LogP contribution in [0.15, 0.2) is 46.9 Å². The van der Waals surface area contributed by atoms with Gasteiger partial charge < -0.3 is 14.5 Å². The van der Waals surface area contributed by atoms with E-state index in [1.54, 1.807) is 18.2 Å². The van der Waals surface area contributed by atoms with Crippen molar-refractivity contribution in [1.29, 1.82) is 5.26 Å². The summed E-state index contributed by atoms with van der Waals surface area (Å²) in [6.45, 7) is 2.57. The molecule has 0 unspecified atom stereocenters. The van der Waals surface area contributed by atoms with E-state index in [4.69, 9.17) is 9.15 Å². The molecular weight excluding hydrogens is 304 g/mol. The molecule has 0 aliphatic heterocycles. The number of anilines is 1. The summed E-state index contributed by atoms with van der Waals surface area (Å²) in [5.74, 6) is -0.0498. The first-order valence-corrected chi connectivity index (χ1v) is 7.46. The van der Waals surface area contributed by atoms with Crippen LogP contribution in [-0.4, -0.2) is 13.1 Å². The number of rotatable bonds is 4. The first kappa shape index (κ1) is 15.6. The number of hydrogen-bond acceptors (Lipinski definition) is 5. The summed E-state index contributed by atoms with van der Waals surface area (Å²) >= 11 is 0. The van der Waals surface area contributed by atoms with Gasteiger partial charge in [0, 0.05) is 11.9 Å². The highest BCUT2D eigenvalue weighted by molar-refractivity contribution is 5.97. The van der Waals surface area contributed by atoms with E-state index in [-0.39, 0.29) is 0 Å². The number of furan rings is 1.